The molecule has 3 heterocycles. The number of aromatic nitrogens is 1. The highest BCUT2D eigenvalue weighted by molar-refractivity contribution is 14.0. The Kier molecular flexibility index (Phi) is 6.11. The van der Waals surface area contributed by atoms with E-state index in [0.29, 0.717) is 24.8 Å². The van der Waals surface area contributed by atoms with Crippen LogP contribution in [0.3, 0.4) is 0 Å². The first-order chi connectivity index (χ1) is 11.8. The fourth-order valence-corrected chi connectivity index (χ4v) is 3.74. The molecular formula is C19H25IN4O. The van der Waals surface area contributed by atoms with Crippen LogP contribution in [-0.2, 0) is 11.3 Å². The summed E-state index contributed by atoms with van der Waals surface area (Å²) in [6, 6.07) is 10.7. The molecule has 0 saturated carbocycles. The lowest BCUT2D eigenvalue weighted by atomic mass is 9.96. The summed E-state index contributed by atoms with van der Waals surface area (Å²) in [5.74, 6) is 0.867. The minimum atomic E-state index is 0. The highest BCUT2D eigenvalue weighted by Gasteiger charge is 2.41. The van der Waals surface area contributed by atoms with Crippen molar-refractivity contribution in [2.75, 3.05) is 6.54 Å². The van der Waals surface area contributed by atoms with Crippen molar-refractivity contribution in [3.63, 3.8) is 0 Å². The molecular weight excluding hydrogens is 427 g/mol. The summed E-state index contributed by atoms with van der Waals surface area (Å²) in [6.07, 6.45) is 6.08. The Morgan fingerprint density at radius 1 is 1.28 bits per heavy atom. The summed E-state index contributed by atoms with van der Waals surface area (Å²) < 4.78 is 5.93. The zero-order valence-electron chi connectivity index (χ0n) is 14.4. The Morgan fingerprint density at radius 2 is 2.16 bits per heavy atom. The number of aliphatic imine (C=N–C) groups is 1. The first-order valence-electron chi connectivity index (χ1n) is 8.86. The largest absolute Gasteiger partial charge is 0.373 e. The highest BCUT2D eigenvalue weighted by atomic mass is 127. The Morgan fingerprint density at radius 3 is 2.92 bits per heavy atom. The van der Waals surface area contributed by atoms with Gasteiger partial charge in [-0.3, -0.25) is 4.98 Å². The van der Waals surface area contributed by atoms with Gasteiger partial charge in [0.15, 0.2) is 5.96 Å². The third kappa shape index (κ3) is 4.06. The van der Waals surface area contributed by atoms with Crippen LogP contribution in [0.25, 0.3) is 10.9 Å². The summed E-state index contributed by atoms with van der Waals surface area (Å²) in [4.78, 5) is 9.29. The monoisotopic (exact) mass is 452 g/mol. The molecule has 3 atom stereocenters. The molecule has 1 aromatic heterocycles. The smallest absolute Gasteiger partial charge is 0.191 e. The molecule has 25 heavy (non-hydrogen) atoms. The molecule has 2 aromatic rings. The predicted octanol–water partition coefficient (Wildman–Crippen LogP) is 3.23. The van der Waals surface area contributed by atoms with E-state index < -0.39 is 0 Å². The number of pyridine rings is 1. The van der Waals surface area contributed by atoms with Gasteiger partial charge in [-0.25, -0.2) is 4.99 Å². The first kappa shape index (κ1) is 18.4. The van der Waals surface area contributed by atoms with Gasteiger partial charge in [-0.1, -0.05) is 24.3 Å². The van der Waals surface area contributed by atoms with Crippen molar-refractivity contribution < 1.29 is 4.74 Å². The molecule has 1 aromatic carbocycles. The van der Waals surface area contributed by atoms with Gasteiger partial charge in [-0.05, 0) is 37.8 Å². The average molecular weight is 452 g/mol. The van der Waals surface area contributed by atoms with Gasteiger partial charge in [0, 0.05) is 18.1 Å². The van der Waals surface area contributed by atoms with Gasteiger partial charge < -0.3 is 15.4 Å². The average Bonchev–Trinajstić information content (AvgIpc) is 3.23. The molecule has 3 unspecified atom stereocenters. The van der Waals surface area contributed by atoms with E-state index in [9.17, 15) is 0 Å². The van der Waals surface area contributed by atoms with E-state index in [1.165, 1.54) is 6.42 Å². The number of ether oxygens (including phenoxy) is 1. The number of guanidine groups is 1. The molecule has 5 nitrogen and oxygen atoms in total. The van der Waals surface area contributed by atoms with Gasteiger partial charge >= 0.3 is 0 Å². The number of nitrogens with zero attached hydrogens (tertiary/aromatic N) is 2. The molecule has 2 fully saturated rings. The maximum absolute atomic E-state index is 5.93. The molecule has 0 radical (unpaired) electrons. The van der Waals surface area contributed by atoms with E-state index in [2.05, 4.69) is 46.8 Å². The summed E-state index contributed by atoms with van der Waals surface area (Å²) in [7, 11) is 0. The number of halogens is 1. The number of hydrogen-bond acceptors (Lipinski definition) is 3. The molecule has 0 amide bonds. The Labute approximate surface area is 165 Å². The van der Waals surface area contributed by atoms with Crippen molar-refractivity contribution in [3.05, 3.63) is 42.1 Å². The molecule has 2 saturated heterocycles. The SMILES string of the molecule is CCNC(=NCc1cccc2cccnc12)NC1CC2CCC1O2.I. The first-order valence-corrected chi connectivity index (χ1v) is 8.86. The lowest BCUT2D eigenvalue weighted by Gasteiger charge is -2.22. The van der Waals surface area contributed by atoms with Gasteiger partial charge in [0.05, 0.1) is 30.3 Å². The Hall–Kier alpha value is -1.41. The molecule has 0 spiro atoms. The third-order valence-electron chi connectivity index (χ3n) is 4.90. The number of fused-ring (bicyclic) bond motifs is 3. The lowest BCUT2D eigenvalue weighted by Crippen LogP contribution is -2.47. The Balaban J connectivity index is 0.00000182. The second-order valence-corrected chi connectivity index (χ2v) is 6.55. The van der Waals surface area contributed by atoms with Crippen molar-refractivity contribution in [2.45, 2.75) is 51.0 Å². The van der Waals surface area contributed by atoms with Crippen LogP contribution < -0.4 is 10.6 Å². The zero-order valence-corrected chi connectivity index (χ0v) is 16.8. The summed E-state index contributed by atoms with van der Waals surface area (Å²) in [5.41, 5.74) is 2.18. The molecule has 4 rings (SSSR count). The second-order valence-electron chi connectivity index (χ2n) is 6.55. The van der Waals surface area contributed by atoms with E-state index in [-0.39, 0.29) is 24.0 Å². The topological polar surface area (TPSA) is 58.5 Å². The van der Waals surface area contributed by atoms with E-state index in [4.69, 9.17) is 9.73 Å². The fraction of sp³-hybridized carbons (Fsp3) is 0.474. The molecule has 0 aliphatic carbocycles. The van der Waals surface area contributed by atoms with Crippen molar-refractivity contribution in [1.29, 1.82) is 0 Å². The van der Waals surface area contributed by atoms with E-state index in [1.54, 1.807) is 0 Å². The highest BCUT2D eigenvalue weighted by Crippen LogP contribution is 2.34. The molecule has 134 valence electrons. The van der Waals surface area contributed by atoms with Crippen LogP contribution in [0.15, 0.2) is 41.5 Å². The zero-order chi connectivity index (χ0) is 16.4. The van der Waals surface area contributed by atoms with Gasteiger partial charge in [0.25, 0.3) is 0 Å². The fourth-order valence-electron chi connectivity index (χ4n) is 3.74. The minimum Gasteiger partial charge on any atom is -0.373 e. The van der Waals surface area contributed by atoms with Crippen molar-refractivity contribution in [3.8, 4) is 0 Å². The van der Waals surface area contributed by atoms with Crippen molar-refractivity contribution in [1.82, 2.24) is 15.6 Å². The van der Waals surface area contributed by atoms with Crippen LogP contribution in [0, 0.1) is 0 Å². The van der Waals surface area contributed by atoms with E-state index >= 15 is 0 Å². The van der Waals surface area contributed by atoms with Crippen LogP contribution in [0.5, 0.6) is 0 Å². The van der Waals surface area contributed by atoms with Crippen LogP contribution in [-0.4, -0.2) is 35.7 Å². The Bertz CT molecular complexity index is 746. The minimum absolute atomic E-state index is 0. The van der Waals surface area contributed by atoms with Crippen LogP contribution in [0.1, 0.15) is 31.7 Å². The lowest BCUT2D eigenvalue weighted by molar-refractivity contribution is 0.0992. The number of nitrogens with one attached hydrogen (secondary N) is 2. The predicted molar refractivity (Wildman–Crippen MR) is 111 cm³/mol. The van der Waals surface area contributed by atoms with Gasteiger partial charge in [0.2, 0.25) is 0 Å². The van der Waals surface area contributed by atoms with E-state index in [1.807, 2.05) is 12.3 Å². The van der Waals surface area contributed by atoms with Crippen LogP contribution in [0.2, 0.25) is 0 Å². The number of para-hydroxylation sites is 1. The summed E-state index contributed by atoms with van der Waals surface area (Å²) >= 11 is 0. The molecule has 6 heteroatoms. The number of hydrogen-bond donors (Lipinski definition) is 2. The molecule has 2 aliphatic rings. The third-order valence-corrected chi connectivity index (χ3v) is 4.90. The van der Waals surface area contributed by atoms with Crippen molar-refractivity contribution in [2.24, 2.45) is 4.99 Å². The van der Waals surface area contributed by atoms with Gasteiger partial charge in [-0.15, -0.1) is 24.0 Å². The van der Waals surface area contributed by atoms with Gasteiger partial charge in [-0.2, -0.15) is 0 Å². The summed E-state index contributed by atoms with van der Waals surface area (Å²) in [5, 5.41) is 8.07. The molecule has 2 N–H and O–H groups in total. The molecule has 2 aliphatic heterocycles. The quantitative estimate of drug-likeness (QED) is 0.425. The normalized spacial score (nSPS) is 25.0. The number of benzene rings is 1. The maximum Gasteiger partial charge on any atom is 0.191 e. The van der Waals surface area contributed by atoms with Gasteiger partial charge in [0.1, 0.15) is 0 Å². The second kappa shape index (κ2) is 8.31. The van der Waals surface area contributed by atoms with E-state index in [0.717, 1.165) is 41.8 Å². The van der Waals surface area contributed by atoms with Crippen molar-refractivity contribution >= 4 is 40.8 Å². The number of rotatable bonds is 4. The summed E-state index contributed by atoms with van der Waals surface area (Å²) in [6.45, 7) is 3.56. The van der Waals surface area contributed by atoms with Crippen LogP contribution >= 0.6 is 24.0 Å². The molecule has 2 bridgehead atoms. The standard InChI is InChI=1S/C19H24N4O.HI/c1-2-20-19(23-16-11-15-8-9-17(16)24-15)22-12-14-6-3-5-13-7-4-10-21-18(13)14;/h3-7,10,15-17H,2,8-9,11-12H2,1H3,(H2,20,22,23);1H. The maximum atomic E-state index is 5.93. The van der Waals surface area contributed by atoms with Crippen LogP contribution in [0.4, 0.5) is 0 Å².